The Kier molecular flexibility index (Phi) is 5.45. The van der Waals surface area contributed by atoms with E-state index in [0.717, 1.165) is 16.4 Å². The fraction of sp³-hybridized carbons (Fsp3) is 0.375. The standard InChI is InChI=1S/C16H18F2N4O3S2/c1-10-14(15(19-2)26-20-10)16(23)21-5-7-22(8-6-21)27(24,25)13-9-11(17)3-4-12(13)18/h3-4,9,19H,5-8H2,1-2H3. The lowest BCUT2D eigenvalue weighted by atomic mass is 10.2. The van der Waals surface area contributed by atoms with Crippen LogP contribution in [0.2, 0.25) is 0 Å². The van der Waals surface area contributed by atoms with Gasteiger partial charge in [0.25, 0.3) is 5.91 Å². The largest absolute Gasteiger partial charge is 0.378 e. The molecule has 1 aromatic heterocycles. The van der Waals surface area contributed by atoms with Crippen LogP contribution in [0.3, 0.4) is 0 Å². The maximum Gasteiger partial charge on any atom is 0.258 e. The van der Waals surface area contributed by atoms with Gasteiger partial charge in [0.15, 0.2) is 0 Å². The number of anilines is 1. The smallest absolute Gasteiger partial charge is 0.258 e. The van der Waals surface area contributed by atoms with Crippen molar-refractivity contribution in [3.05, 3.63) is 41.1 Å². The van der Waals surface area contributed by atoms with E-state index >= 15 is 0 Å². The molecule has 0 aliphatic carbocycles. The summed E-state index contributed by atoms with van der Waals surface area (Å²) in [5.74, 6) is -2.07. The van der Waals surface area contributed by atoms with Crippen LogP contribution in [0.4, 0.5) is 13.8 Å². The number of nitrogens with one attached hydrogen (secondary N) is 1. The Labute approximate surface area is 159 Å². The van der Waals surface area contributed by atoms with Crippen LogP contribution >= 0.6 is 11.5 Å². The van der Waals surface area contributed by atoms with E-state index in [2.05, 4.69) is 9.69 Å². The lowest BCUT2D eigenvalue weighted by Gasteiger charge is -2.34. The van der Waals surface area contributed by atoms with Gasteiger partial charge in [-0.15, -0.1) is 0 Å². The zero-order valence-corrected chi connectivity index (χ0v) is 16.3. The maximum absolute atomic E-state index is 13.9. The molecular formula is C16H18F2N4O3S2. The van der Waals surface area contributed by atoms with E-state index in [0.29, 0.717) is 22.3 Å². The van der Waals surface area contributed by atoms with Crippen LogP contribution in [-0.4, -0.2) is 61.1 Å². The van der Waals surface area contributed by atoms with Crippen molar-refractivity contribution in [1.82, 2.24) is 13.6 Å². The normalized spacial score (nSPS) is 15.8. The molecule has 0 radical (unpaired) electrons. The molecule has 1 aliphatic heterocycles. The summed E-state index contributed by atoms with van der Waals surface area (Å²) in [6.07, 6.45) is 0. The molecule has 0 unspecified atom stereocenters. The van der Waals surface area contributed by atoms with Crippen molar-refractivity contribution in [3.8, 4) is 0 Å². The average Bonchev–Trinajstić information content (AvgIpc) is 3.03. The Morgan fingerprint density at radius 3 is 2.52 bits per heavy atom. The molecule has 0 bridgehead atoms. The lowest BCUT2D eigenvalue weighted by molar-refractivity contribution is 0.0698. The molecule has 1 aromatic carbocycles. The summed E-state index contributed by atoms with van der Waals surface area (Å²) in [6, 6.07) is 2.32. The molecule has 0 saturated carbocycles. The van der Waals surface area contributed by atoms with Crippen molar-refractivity contribution in [1.29, 1.82) is 0 Å². The highest BCUT2D eigenvalue weighted by Gasteiger charge is 2.33. The number of nitrogens with zero attached hydrogens (tertiary/aromatic N) is 3. The summed E-state index contributed by atoms with van der Waals surface area (Å²) in [7, 11) is -2.49. The van der Waals surface area contributed by atoms with E-state index in [9.17, 15) is 22.0 Å². The number of amides is 1. The van der Waals surface area contributed by atoms with Gasteiger partial charge in [-0.3, -0.25) is 4.79 Å². The number of hydrogen-bond donors (Lipinski definition) is 1. The van der Waals surface area contributed by atoms with Crippen LogP contribution in [0.5, 0.6) is 0 Å². The number of carbonyl (C=O) groups excluding carboxylic acids is 1. The molecular weight excluding hydrogens is 398 g/mol. The molecule has 7 nitrogen and oxygen atoms in total. The minimum absolute atomic E-state index is 0.00444. The summed E-state index contributed by atoms with van der Waals surface area (Å²) in [5, 5.41) is 3.58. The number of sulfonamides is 1. The van der Waals surface area contributed by atoms with Gasteiger partial charge in [-0.05, 0) is 36.7 Å². The van der Waals surface area contributed by atoms with Gasteiger partial charge in [-0.2, -0.15) is 8.68 Å². The zero-order valence-electron chi connectivity index (χ0n) is 14.7. The SMILES string of the molecule is CNc1snc(C)c1C(=O)N1CCN(S(=O)(=O)c2cc(F)ccc2F)CC1. The first-order chi connectivity index (χ1) is 12.8. The molecule has 3 rings (SSSR count). The Hall–Kier alpha value is -2.11. The molecule has 11 heteroatoms. The van der Waals surface area contributed by atoms with Crippen LogP contribution in [0.25, 0.3) is 0 Å². The summed E-state index contributed by atoms with van der Waals surface area (Å²) in [6.45, 7) is 2.02. The molecule has 2 aromatic rings. The van der Waals surface area contributed by atoms with Gasteiger partial charge < -0.3 is 10.2 Å². The van der Waals surface area contributed by atoms with Crippen LogP contribution in [-0.2, 0) is 10.0 Å². The van der Waals surface area contributed by atoms with E-state index in [1.54, 1.807) is 14.0 Å². The number of aromatic nitrogens is 1. The molecule has 1 amide bonds. The van der Waals surface area contributed by atoms with Gasteiger partial charge >= 0.3 is 0 Å². The Morgan fingerprint density at radius 2 is 1.89 bits per heavy atom. The van der Waals surface area contributed by atoms with E-state index in [-0.39, 0.29) is 32.1 Å². The highest BCUT2D eigenvalue weighted by Crippen LogP contribution is 2.27. The van der Waals surface area contributed by atoms with Gasteiger partial charge in [0, 0.05) is 33.2 Å². The number of aryl methyl sites for hydroxylation is 1. The topological polar surface area (TPSA) is 82.6 Å². The fourth-order valence-corrected chi connectivity index (χ4v) is 5.13. The van der Waals surface area contributed by atoms with E-state index in [1.807, 2.05) is 0 Å². The number of halogens is 2. The molecule has 2 heterocycles. The van der Waals surface area contributed by atoms with E-state index in [1.165, 1.54) is 16.4 Å². The molecule has 1 aliphatic rings. The summed E-state index contributed by atoms with van der Waals surface area (Å²) >= 11 is 1.18. The van der Waals surface area contributed by atoms with Gasteiger partial charge in [0.2, 0.25) is 10.0 Å². The summed E-state index contributed by atoms with van der Waals surface area (Å²) in [5.41, 5.74) is 1.07. The monoisotopic (exact) mass is 416 g/mol. The predicted octanol–water partition coefficient (Wildman–Crippen LogP) is 1.92. The van der Waals surface area contributed by atoms with Crippen molar-refractivity contribution < 1.29 is 22.0 Å². The van der Waals surface area contributed by atoms with Crippen molar-refractivity contribution >= 4 is 32.5 Å². The zero-order chi connectivity index (χ0) is 19.8. The number of rotatable bonds is 4. The van der Waals surface area contributed by atoms with Gasteiger partial charge in [0.05, 0.1) is 11.3 Å². The second-order valence-electron chi connectivity index (χ2n) is 5.99. The van der Waals surface area contributed by atoms with Gasteiger partial charge in [-0.1, -0.05) is 0 Å². The summed E-state index contributed by atoms with van der Waals surface area (Å²) in [4.78, 5) is 13.6. The lowest BCUT2D eigenvalue weighted by Crippen LogP contribution is -2.50. The first-order valence-corrected chi connectivity index (χ1v) is 10.4. The predicted molar refractivity (Wildman–Crippen MR) is 97.4 cm³/mol. The van der Waals surface area contributed by atoms with Gasteiger partial charge in [0.1, 0.15) is 21.5 Å². The molecule has 1 N–H and O–H groups in total. The number of piperazine rings is 1. The molecule has 0 atom stereocenters. The van der Waals surface area contributed by atoms with Crippen molar-refractivity contribution in [2.24, 2.45) is 0 Å². The molecule has 146 valence electrons. The van der Waals surface area contributed by atoms with Crippen molar-refractivity contribution in [2.75, 3.05) is 38.5 Å². The summed E-state index contributed by atoms with van der Waals surface area (Å²) < 4.78 is 57.7. The quantitative estimate of drug-likeness (QED) is 0.824. The van der Waals surface area contributed by atoms with Crippen LogP contribution < -0.4 is 5.32 Å². The minimum atomic E-state index is -4.18. The Morgan fingerprint density at radius 1 is 1.22 bits per heavy atom. The Bertz CT molecular complexity index is 970. The molecule has 1 saturated heterocycles. The third-order valence-electron chi connectivity index (χ3n) is 4.34. The number of hydrogen-bond acceptors (Lipinski definition) is 6. The number of benzene rings is 1. The second kappa shape index (κ2) is 7.49. The van der Waals surface area contributed by atoms with Crippen molar-refractivity contribution in [2.45, 2.75) is 11.8 Å². The third kappa shape index (κ3) is 3.66. The third-order valence-corrected chi connectivity index (χ3v) is 7.21. The van der Waals surface area contributed by atoms with E-state index in [4.69, 9.17) is 0 Å². The van der Waals surface area contributed by atoms with Gasteiger partial charge in [-0.25, -0.2) is 17.2 Å². The van der Waals surface area contributed by atoms with E-state index < -0.39 is 26.6 Å². The second-order valence-corrected chi connectivity index (χ2v) is 8.67. The first-order valence-electron chi connectivity index (χ1n) is 8.14. The molecule has 0 spiro atoms. The Balaban J connectivity index is 1.76. The van der Waals surface area contributed by atoms with Crippen LogP contribution in [0.1, 0.15) is 16.1 Å². The fourth-order valence-electron chi connectivity index (χ4n) is 2.90. The highest BCUT2D eigenvalue weighted by atomic mass is 32.2. The van der Waals surface area contributed by atoms with Crippen LogP contribution in [0.15, 0.2) is 23.1 Å². The van der Waals surface area contributed by atoms with Crippen LogP contribution in [0, 0.1) is 18.6 Å². The molecule has 1 fully saturated rings. The molecule has 27 heavy (non-hydrogen) atoms. The average molecular weight is 416 g/mol. The first kappa shape index (κ1) is 19.6. The minimum Gasteiger partial charge on any atom is -0.378 e. The van der Waals surface area contributed by atoms with Crippen molar-refractivity contribution in [3.63, 3.8) is 0 Å². The maximum atomic E-state index is 13.9. The number of carbonyl (C=O) groups is 1. The highest BCUT2D eigenvalue weighted by molar-refractivity contribution is 7.89.